The van der Waals surface area contributed by atoms with E-state index in [1.54, 1.807) is 36.4 Å². The SMILES string of the molecule is CCOc1ccc(NS(=O)(=O)c2cccc(C(=O)NCC(CC(C)C)N3CCOCC3)c2)cc1. The van der Waals surface area contributed by atoms with E-state index < -0.39 is 10.0 Å². The molecule has 2 aromatic rings. The molecular weight excluding hydrogens is 454 g/mol. The number of nitrogens with one attached hydrogen (secondary N) is 2. The summed E-state index contributed by atoms with van der Waals surface area (Å²) in [6, 6.07) is 13.0. The summed E-state index contributed by atoms with van der Waals surface area (Å²) in [5.74, 6) is 0.865. The number of hydrogen-bond acceptors (Lipinski definition) is 6. The highest BCUT2D eigenvalue weighted by molar-refractivity contribution is 7.92. The number of anilines is 1. The molecule has 8 nitrogen and oxygen atoms in total. The van der Waals surface area contributed by atoms with Crippen LogP contribution in [0.4, 0.5) is 5.69 Å². The molecule has 2 N–H and O–H groups in total. The quantitative estimate of drug-likeness (QED) is 0.502. The lowest BCUT2D eigenvalue weighted by atomic mass is 10.0. The van der Waals surface area contributed by atoms with Crippen molar-refractivity contribution < 1.29 is 22.7 Å². The van der Waals surface area contributed by atoms with Gasteiger partial charge < -0.3 is 14.8 Å². The van der Waals surface area contributed by atoms with Gasteiger partial charge in [-0.2, -0.15) is 0 Å². The molecule has 0 bridgehead atoms. The first kappa shape index (κ1) is 26.0. The van der Waals surface area contributed by atoms with Crippen molar-refractivity contribution in [2.24, 2.45) is 5.92 Å². The minimum absolute atomic E-state index is 0.0287. The first-order valence-corrected chi connectivity index (χ1v) is 13.2. The van der Waals surface area contributed by atoms with E-state index in [-0.39, 0.29) is 16.8 Å². The highest BCUT2D eigenvalue weighted by atomic mass is 32.2. The zero-order valence-corrected chi connectivity index (χ0v) is 20.9. The predicted octanol–water partition coefficient (Wildman–Crippen LogP) is 3.36. The maximum Gasteiger partial charge on any atom is 0.261 e. The monoisotopic (exact) mass is 489 g/mol. The van der Waals surface area contributed by atoms with Crippen LogP contribution in [0.2, 0.25) is 0 Å². The lowest BCUT2D eigenvalue weighted by Gasteiger charge is -2.35. The molecule has 9 heteroatoms. The second-order valence-corrected chi connectivity index (χ2v) is 10.4. The number of amides is 1. The molecule has 1 amide bonds. The second-order valence-electron chi connectivity index (χ2n) is 8.73. The molecule has 1 saturated heterocycles. The maximum absolute atomic E-state index is 12.9. The first-order valence-electron chi connectivity index (χ1n) is 11.7. The van der Waals surface area contributed by atoms with Crippen molar-refractivity contribution in [3.05, 3.63) is 54.1 Å². The summed E-state index contributed by atoms with van der Waals surface area (Å²) >= 11 is 0. The summed E-state index contributed by atoms with van der Waals surface area (Å²) in [6.45, 7) is 10.3. The molecule has 1 aliphatic heterocycles. The standard InChI is InChI=1S/C25H35N3O5S/c1-4-33-23-10-8-21(9-11-23)27-34(30,31)24-7-5-6-20(17-24)25(29)26-18-22(16-19(2)3)28-12-14-32-15-13-28/h5-11,17,19,22,27H,4,12-16,18H2,1-3H3,(H,26,29). The maximum atomic E-state index is 12.9. The van der Waals surface area contributed by atoms with E-state index in [0.29, 0.717) is 49.3 Å². The fourth-order valence-corrected chi connectivity index (χ4v) is 5.07. The van der Waals surface area contributed by atoms with Crippen LogP contribution >= 0.6 is 0 Å². The summed E-state index contributed by atoms with van der Waals surface area (Å²) in [4.78, 5) is 15.3. The van der Waals surface area contributed by atoms with Crippen LogP contribution in [0.1, 0.15) is 37.6 Å². The molecule has 0 aliphatic carbocycles. The largest absolute Gasteiger partial charge is 0.494 e. The molecule has 0 spiro atoms. The third kappa shape index (κ3) is 7.44. The van der Waals surface area contributed by atoms with Gasteiger partial charge in [0, 0.05) is 36.9 Å². The molecule has 34 heavy (non-hydrogen) atoms. The lowest BCUT2D eigenvalue weighted by molar-refractivity contribution is 0.0124. The summed E-state index contributed by atoms with van der Waals surface area (Å²) in [6.07, 6.45) is 0.959. The Kier molecular flexibility index (Phi) is 9.32. The minimum atomic E-state index is -3.85. The van der Waals surface area contributed by atoms with Crippen LogP contribution in [-0.4, -0.2) is 64.7 Å². The van der Waals surface area contributed by atoms with Crippen LogP contribution < -0.4 is 14.8 Å². The summed E-state index contributed by atoms with van der Waals surface area (Å²) < 4.78 is 39.2. The smallest absolute Gasteiger partial charge is 0.261 e. The van der Waals surface area contributed by atoms with Gasteiger partial charge in [-0.05, 0) is 61.7 Å². The van der Waals surface area contributed by atoms with Gasteiger partial charge in [0.15, 0.2) is 0 Å². The van der Waals surface area contributed by atoms with Crippen LogP contribution in [0.5, 0.6) is 5.75 Å². The van der Waals surface area contributed by atoms with Gasteiger partial charge in [0.1, 0.15) is 5.75 Å². The number of carbonyl (C=O) groups is 1. The van der Waals surface area contributed by atoms with Crippen LogP contribution in [0, 0.1) is 5.92 Å². The number of rotatable bonds is 11. The Bertz CT molecular complexity index is 1030. The number of hydrogen-bond donors (Lipinski definition) is 2. The van der Waals surface area contributed by atoms with Gasteiger partial charge in [0.05, 0.1) is 24.7 Å². The van der Waals surface area contributed by atoms with Crippen LogP contribution in [0.3, 0.4) is 0 Å². The topological polar surface area (TPSA) is 97.0 Å². The van der Waals surface area contributed by atoms with Crippen molar-refractivity contribution in [1.29, 1.82) is 0 Å². The van der Waals surface area contributed by atoms with Crippen molar-refractivity contribution in [3.63, 3.8) is 0 Å². The molecule has 0 aromatic heterocycles. The fourth-order valence-electron chi connectivity index (χ4n) is 3.97. The number of carbonyl (C=O) groups excluding carboxylic acids is 1. The van der Waals surface area contributed by atoms with Gasteiger partial charge in [-0.3, -0.25) is 14.4 Å². The molecular formula is C25H35N3O5S. The van der Waals surface area contributed by atoms with E-state index in [4.69, 9.17) is 9.47 Å². The molecule has 3 rings (SSSR count). The van der Waals surface area contributed by atoms with E-state index in [1.807, 2.05) is 6.92 Å². The third-order valence-corrected chi connectivity index (χ3v) is 7.01. The van der Waals surface area contributed by atoms with Gasteiger partial charge in [-0.25, -0.2) is 8.42 Å². The van der Waals surface area contributed by atoms with Gasteiger partial charge in [0.25, 0.3) is 15.9 Å². The number of benzene rings is 2. The van der Waals surface area contributed by atoms with Crippen LogP contribution in [0.25, 0.3) is 0 Å². The Morgan fingerprint density at radius 3 is 2.47 bits per heavy atom. The van der Waals surface area contributed by atoms with Crippen molar-refractivity contribution in [2.45, 2.75) is 38.1 Å². The highest BCUT2D eigenvalue weighted by Gasteiger charge is 2.23. The zero-order valence-electron chi connectivity index (χ0n) is 20.1. The molecule has 1 aliphatic rings. The molecule has 1 heterocycles. The Morgan fingerprint density at radius 2 is 1.82 bits per heavy atom. The van der Waals surface area contributed by atoms with E-state index in [9.17, 15) is 13.2 Å². The predicted molar refractivity (Wildman–Crippen MR) is 133 cm³/mol. The molecule has 2 aromatic carbocycles. The third-order valence-electron chi connectivity index (χ3n) is 5.63. The van der Waals surface area contributed by atoms with Crippen molar-refractivity contribution in [1.82, 2.24) is 10.2 Å². The van der Waals surface area contributed by atoms with Gasteiger partial charge >= 0.3 is 0 Å². The minimum Gasteiger partial charge on any atom is -0.494 e. The van der Waals surface area contributed by atoms with Crippen LogP contribution in [0.15, 0.2) is 53.4 Å². The number of nitrogens with zero attached hydrogens (tertiary/aromatic N) is 1. The van der Waals surface area contributed by atoms with Crippen LogP contribution in [-0.2, 0) is 14.8 Å². The summed E-state index contributed by atoms with van der Waals surface area (Å²) in [7, 11) is -3.85. The average molecular weight is 490 g/mol. The van der Waals surface area contributed by atoms with Crippen molar-refractivity contribution in [3.8, 4) is 5.75 Å². The summed E-state index contributed by atoms with van der Waals surface area (Å²) in [5, 5.41) is 3.00. The lowest BCUT2D eigenvalue weighted by Crippen LogP contribution is -2.49. The van der Waals surface area contributed by atoms with Gasteiger partial charge in [-0.15, -0.1) is 0 Å². The Hall–Kier alpha value is -2.62. The zero-order chi connectivity index (χ0) is 24.6. The Morgan fingerprint density at radius 1 is 1.12 bits per heavy atom. The number of ether oxygens (including phenoxy) is 2. The van der Waals surface area contributed by atoms with Gasteiger partial charge in [-0.1, -0.05) is 19.9 Å². The Labute approximate surface area is 202 Å². The number of morpholine rings is 1. The summed E-state index contributed by atoms with van der Waals surface area (Å²) in [5.41, 5.74) is 0.722. The molecule has 1 unspecified atom stereocenters. The number of sulfonamides is 1. The van der Waals surface area contributed by atoms with Crippen molar-refractivity contribution in [2.75, 3.05) is 44.2 Å². The van der Waals surface area contributed by atoms with Crippen molar-refractivity contribution >= 4 is 21.6 Å². The average Bonchev–Trinajstić information content (AvgIpc) is 2.83. The van der Waals surface area contributed by atoms with E-state index in [1.165, 1.54) is 12.1 Å². The second kappa shape index (κ2) is 12.2. The molecule has 1 fully saturated rings. The highest BCUT2D eigenvalue weighted by Crippen LogP contribution is 2.20. The molecule has 0 radical (unpaired) electrons. The first-order chi connectivity index (χ1) is 16.3. The normalized spacial score (nSPS) is 15.6. The molecule has 0 saturated carbocycles. The fraction of sp³-hybridized carbons (Fsp3) is 0.480. The van der Waals surface area contributed by atoms with E-state index >= 15 is 0 Å². The van der Waals surface area contributed by atoms with E-state index in [2.05, 4.69) is 28.8 Å². The molecule has 186 valence electrons. The molecule has 1 atom stereocenters. The van der Waals surface area contributed by atoms with Gasteiger partial charge in [0.2, 0.25) is 0 Å². The van der Waals surface area contributed by atoms with E-state index in [0.717, 1.165) is 19.5 Å². The Balaban J connectivity index is 1.66.